The van der Waals surface area contributed by atoms with Gasteiger partial charge in [0, 0.05) is 19.5 Å². The molecule has 0 unspecified atom stereocenters. The van der Waals surface area contributed by atoms with E-state index in [9.17, 15) is 4.79 Å². The van der Waals surface area contributed by atoms with Gasteiger partial charge in [0.25, 0.3) is 0 Å². The molecule has 0 spiro atoms. The molecule has 98 valence electrons. The number of hydrazine groups is 1. The Hall–Kier alpha value is -1.39. The van der Waals surface area contributed by atoms with Crippen molar-refractivity contribution >= 4 is 5.91 Å². The second-order valence-corrected chi connectivity index (χ2v) is 4.82. The van der Waals surface area contributed by atoms with Crippen LogP contribution in [-0.2, 0) is 17.8 Å². The van der Waals surface area contributed by atoms with Crippen molar-refractivity contribution in [3.8, 4) is 0 Å². The molecule has 1 amide bonds. The molecule has 0 saturated heterocycles. The van der Waals surface area contributed by atoms with Gasteiger partial charge in [0.05, 0.1) is 0 Å². The first-order valence-corrected chi connectivity index (χ1v) is 6.58. The number of nitrogens with zero attached hydrogens (tertiary/aromatic N) is 1. The average Bonchev–Trinajstić information content (AvgIpc) is 2.43. The zero-order chi connectivity index (χ0) is 12.8. The molecule has 1 aliphatic heterocycles. The third kappa shape index (κ3) is 3.55. The molecule has 0 bridgehead atoms. The van der Waals surface area contributed by atoms with Gasteiger partial charge in [-0.3, -0.25) is 15.1 Å². The molecule has 4 nitrogen and oxygen atoms in total. The molecule has 0 radical (unpaired) electrons. The van der Waals surface area contributed by atoms with Gasteiger partial charge in [-0.25, -0.2) is 5.84 Å². The maximum atomic E-state index is 11.0. The normalized spacial score (nSPS) is 15.2. The maximum Gasteiger partial charge on any atom is 0.233 e. The zero-order valence-corrected chi connectivity index (χ0v) is 10.7. The smallest absolute Gasteiger partial charge is 0.233 e. The summed E-state index contributed by atoms with van der Waals surface area (Å²) in [5.74, 6) is 4.97. The van der Waals surface area contributed by atoms with Crippen LogP contribution in [0.15, 0.2) is 24.3 Å². The van der Waals surface area contributed by atoms with Crippen molar-refractivity contribution in [1.82, 2.24) is 10.3 Å². The van der Waals surface area contributed by atoms with E-state index in [0.717, 1.165) is 38.9 Å². The van der Waals surface area contributed by atoms with Gasteiger partial charge in [0.1, 0.15) is 0 Å². The summed E-state index contributed by atoms with van der Waals surface area (Å²) >= 11 is 0. The molecule has 4 heteroatoms. The summed E-state index contributed by atoms with van der Waals surface area (Å²) in [5, 5.41) is 0. The molecule has 1 heterocycles. The summed E-state index contributed by atoms with van der Waals surface area (Å²) in [5.41, 5.74) is 5.09. The highest BCUT2D eigenvalue weighted by Gasteiger charge is 2.14. The number of amides is 1. The average molecular weight is 247 g/mol. The van der Waals surface area contributed by atoms with Crippen molar-refractivity contribution < 1.29 is 4.79 Å². The van der Waals surface area contributed by atoms with E-state index in [0.29, 0.717) is 6.42 Å². The molecule has 1 aliphatic rings. The Morgan fingerprint density at radius 2 is 2.06 bits per heavy atom. The summed E-state index contributed by atoms with van der Waals surface area (Å²) in [6.07, 6.45) is 3.62. The van der Waals surface area contributed by atoms with Crippen LogP contribution in [0.5, 0.6) is 0 Å². The lowest BCUT2D eigenvalue weighted by Gasteiger charge is -2.28. The first-order chi connectivity index (χ1) is 8.79. The van der Waals surface area contributed by atoms with Crippen molar-refractivity contribution in [2.45, 2.75) is 32.2 Å². The molecule has 1 aromatic carbocycles. The lowest BCUT2D eigenvalue weighted by atomic mass is 10.00. The molecule has 0 atom stereocenters. The third-order valence-corrected chi connectivity index (χ3v) is 3.50. The summed E-state index contributed by atoms with van der Waals surface area (Å²) in [4.78, 5) is 13.4. The zero-order valence-electron chi connectivity index (χ0n) is 10.7. The van der Waals surface area contributed by atoms with Gasteiger partial charge in [0.2, 0.25) is 5.91 Å². The minimum absolute atomic E-state index is 0.0704. The highest BCUT2D eigenvalue weighted by atomic mass is 16.2. The summed E-state index contributed by atoms with van der Waals surface area (Å²) < 4.78 is 0. The van der Waals surface area contributed by atoms with Crippen LogP contribution in [0.4, 0.5) is 0 Å². The standard InChI is InChI=1S/C14H21N3O/c15-16-14(18)7-3-4-9-17-10-8-12-5-1-2-6-13(12)11-17/h1-2,5-6H,3-4,7-11,15H2,(H,16,18). The first-order valence-electron chi connectivity index (χ1n) is 6.58. The molecule has 0 aromatic heterocycles. The van der Waals surface area contributed by atoms with Crippen LogP contribution in [0.2, 0.25) is 0 Å². The minimum atomic E-state index is -0.0704. The van der Waals surface area contributed by atoms with Crippen LogP contribution in [0, 0.1) is 0 Å². The topological polar surface area (TPSA) is 58.4 Å². The Balaban J connectivity index is 1.72. The Kier molecular flexibility index (Phi) is 4.73. The van der Waals surface area contributed by atoms with E-state index in [1.165, 1.54) is 11.1 Å². The molecular formula is C14H21N3O. The van der Waals surface area contributed by atoms with E-state index in [2.05, 4.69) is 34.6 Å². The molecule has 2 rings (SSSR count). The summed E-state index contributed by atoms with van der Waals surface area (Å²) in [6.45, 7) is 3.23. The highest BCUT2D eigenvalue weighted by molar-refractivity contribution is 5.75. The minimum Gasteiger partial charge on any atom is -0.299 e. The fourth-order valence-corrected chi connectivity index (χ4v) is 2.44. The number of nitrogens with two attached hydrogens (primary N) is 1. The van der Waals surface area contributed by atoms with Crippen molar-refractivity contribution in [3.63, 3.8) is 0 Å². The Morgan fingerprint density at radius 3 is 2.83 bits per heavy atom. The van der Waals surface area contributed by atoms with Gasteiger partial charge in [-0.15, -0.1) is 0 Å². The third-order valence-electron chi connectivity index (χ3n) is 3.50. The van der Waals surface area contributed by atoms with Crippen molar-refractivity contribution in [2.24, 2.45) is 5.84 Å². The number of rotatable bonds is 5. The molecular weight excluding hydrogens is 226 g/mol. The number of unbranched alkanes of at least 4 members (excludes halogenated alkanes) is 1. The largest absolute Gasteiger partial charge is 0.299 e. The highest BCUT2D eigenvalue weighted by Crippen LogP contribution is 2.18. The van der Waals surface area contributed by atoms with Crippen LogP contribution in [0.25, 0.3) is 0 Å². The fraction of sp³-hybridized carbons (Fsp3) is 0.500. The van der Waals surface area contributed by atoms with E-state index >= 15 is 0 Å². The van der Waals surface area contributed by atoms with E-state index in [4.69, 9.17) is 5.84 Å². The van der Waals surface area contributed by atoms with Gasteiger partial charge in [0.15, 0.2) is 0 Å². The number of benzene rings is 1. The van der Waals surface area contributed by atoms with Crippen LogP contribution >= 0.6 is 0 Å². The Morgan fingerprint density at radius 1 is 1.28 bits per heavy atom. The predicted molar refractivity (Wildman–Crippen MR) is 71.6 cm³/mol. The quantitative estimate of drug-likeness (QED) is 0.356. The molecule has 0 fully saturated rings. The number of hydrogen-bond acceptors (Lipinski definition) is 3. The Bertz CT molecular complexity index is 406. The van der Waals surface area contributed by atoms with Crippen LogP contribution < -0.4 is 11.3 Å². The van der Waals surface area contributed by atoms with Gasteiger partial charge in [-0.05, 0) is 36.9 Å². The van der Waals surface area contributed by atoms with Gasteiger partial charge < -0.3 is 0 Å². The SMILES string of the molecule is NNC(=O)CCCCN1CCc2ccccc2C1. The molecule has 0 aliphatic carbocycles. The van der Waals surface area contributed by atoms with E-state index in [1.54, 1.807) is 0 Å². The molecule has 3 N–H and O–H groups in total. The van der Waals surface area contributed by atoms with Gasteiger partial charge in [-0.1, -0.05) is 24.3 Å². The van der Waals surface area contributed by atoms with Gasteiger partial charge >= 0.3 is 0 Å². The van der Waals surface area contributed by atoms with E-state index < -0.39 is 0 Å². The van der Waals surface area contributed by atoms with Crippen LogP contribution in [-0.4, -0.2) is 23.9 Å². The Labute approximate surface area is 108 Å². The van der Waals surface area contributed by atoms with E-state index in [-0.39, 0.29) is 5.91 Å². The van der Waals surface area contributed by atoms with Crippen LogP contribution in [0.1, 0.15) is 30.4 Å². The first kappa shape index (κ1) is 13.1. The second kappa shape index (κ2) is 6.52. The number of fused-ring (bicyclic) bond motifs is 1. The second-order valence-electron chi connectivity index (χ2n) is 4.82. The van der Waals surface area contributed by atoms with Gasteiger partial charge in [-0.2, -0.15) is 0 Å². The maximum absolute atomic E-state index is 11.0. The van der Waals surface area contributed by atoms with E-state index in [1.807, 2.05) is 0 Å². The van der Waals surface area contributed by atoms with Crippen LogP contribution in [0.3, 0.4) is 0 Å². The van der Waals surface area contributed by atoms with Crippen molar-refractivity contribution in [1.29, 1.82) is 0 Å². The monoisotopic (exact) mass is 247 g/mol. The molecule has 1 aromatic rings. The molecule has 0 saturated carbocycles. The van der Waals surface area contributed by atoms with Crippen molar-refractivity contribution in [3.05, 3.63) is 35.4 Å². The van der Waals surface area contributed by atoms with Crippen molar-refractivity contribution in [2.75, 3.05) is 13.1 Å². The number of hydrogen-bond donors (Lipinski definition) is 2. The summed E-state index contributed by atoms with van der Waals surface area (Å²) in [6, 6.07) is 8.65. The molecule has 18 heavy (non-hydrogen) atoms. The predicted octanol–water partition coefficient (Wildman–Crippen LogP) is 1.20. The lowest BCUT2D eigenvalue weighted by molar-refractivity contribution is -0.121. The number of carbonyl (C=O) groups excluding carboxylic acids is 1. The number of carbonyl (C=O) groups is 1. The number of nitrogens with one attached hydrogen (secondary N) is 1. The lowest BCUT2D eigenvalue weighted by Crippen LogP contribution is -2.32. The fourth-order valence-electron chi connectivity index (χ4n) is 2.44. The summed E-state index contributed by atoms with van der Waals surface area (Å²) in [7, 11) is 0.